The molecule has 0 aromatic heterocycles. The van der Waals surface area contributed by atoms with E-state index in [1.165, 1.54) is 0 Å². The molecule has 0 aliphatic rings. The molecule has 0 radical (unpaired) electrons. The quantitative estimate of drug-likeness (QED) is 0.641. The zero-order valence-electron chi connectivity index (χ0n) is 9.80. The summed E-state index contributed by atoms with van der Waals surface area (Å²) in [7, 11) is 0. The molecule has 0 heterocycles. The van der Waals surface area contributed by atoms with E-state index in [4.69, 9.17) is 16.3 Å². The Morgan fingerprint density at radius 1 is 1.53 bits per heavy atom. The Labute approximate surface area is 120 Å². The molecule has 1 aromatic carbocycles. The van der Waals surface area contributed by atoms with Crippen molar-refractivity contribution in [3.05, 3.63) is 32.4 Å². The van der Waals surface area contributed by atoms with Crippen molar-refractivity contribution in [2.45, 2.75) is 20.0 Å². The molecule has 0 atom stereocenters. The van der Waals surface area contributed by atoms with Gasteiger partial charge in [0.15, 0.2) is 0 Å². The van der Waals surface area contributed by atoms with E-state index in [2.05, 4.69) is 27.9 Å². The van der Waals surface area contributed by atoms with Crippen LogP contribution in [0.25, 0.3) is 0 Å². The largest absolute Gasteiger partial charge is 0.377 e. The molecule has 5 heteroatoms. The molecule has 17 heavy (non-hydrogen) atoms. The second-order valence-corrected chi connectivity index (χ2v) is 5.37. The second kappa shape index (κ2) is 7.18. The smallest absolute Gasteiger partial charge is 0.251 e. The molecule has 0 bridgehead atoms. The molecule has 0 unspecified atom stereocenters. The Bertz CT molecular complexity index is 396. The highest BCUT2D eigenvalue weighted by atomic mass is 127. The average Bonchev–Trinajstić information content (AvgIpc) is 2.27. The minimum Gasteiger partial charge on any atom is -0.377 e. The molecule has 1 aromatic rings. The number of benzene rings is 1. The van der Waals surface area contributed by atoms with E-state index < -0.39 is 0 Å². The summed E-state index contributed by atoms with van der Waals surface area (Å²) in [5.41, 5.74) is 0.569. The van der Waals surface area contributed by atoms with Gasteiger partial charge in [0, 0.05) is 15.7 Å². The summed E-state index contributed by atoms with van der Waals surface area (Å²) < 4.78 is 6.26. The van der Waals surface area contributed by atoms with Crippen molar-refractivity contribution in [3.8, 4) is 0 Å². The molecule has 0 saturated carbocycles. The topological polar surface area (TPSA) is 38.3 Å². The van der Waals surface area contributed by atoms with Gasteiger partial charge in [0.2, 0.25) is 0 Å². The fourth-order valence-electron chi connectivity index (χ4n) is 1.20. The Morgan fingerprint density at radius 3 is 2.82 bits per heavy atom. The van der Waals surface area contributed by atoms with Crippen molar-refractivity contribution in [3.63, 3.8) is 0 Å². The highest BCUT2D eigenvalue weighted by molar-refractivity contribution is 14.1. The summed E-state index contributed by atoms with van der Waals surface area (Å²) in [6, 6.07) is 5.25. The van der Waals surface area contributed by atoms with E-state index in [9.17, 15) is 4.79 Å². The van der Waals surface area contributed by atoms with Crippen LogP contribution in [0.1, 0.15) is 24.2 Å². The van der Waals surface area contributed by atoms with Crippen LogP contribution in [0.5, 0.6) is 0 Å². The fraction of sp³-hybridized carbons (Fsp3) is 0.417. The van der Waals surface area contributed by atoms with Crippen molar-refractivity contribution < 1.29 is 9.53 Å². The van der Waals surface area contributed by atoms with Crippen LogP contribution in [-0.4, -0.2) is 25.2 Å². The summed E-state index contributed by atoms with van der Waals surface area (Å²) >= 11 is 8.07. The number of hydrogen-bond donors (Lipinski definition) is 1. The summed E-state index contributed by atoms with van der Waals surface area (Å²) in [5, 5.41) is 3.37. The predicted octanol–water partition coefficient (Wildman–Crippen LogP) is 3.10. The van der Waals surface area contributed by atoms with E-state index >= 15 is 0 Å². The van der Waals surface area contributed by atoms with Gasteiger partial charge in [-0.2, -0.15) is 0 Å². The van der Waals surface area contributed by atoms with Gasteiger partial charge >= 0.3 is 0 Å². The number of halogens is 2. The SMILES string of the molecule is CC(C)OCCNC(=O)c1ccc(I)c(Cl)c1. The van der Waals surface area contributed by atoms with Crippen LogP contribution in [-0.2, 0) is 4.74 Å². The molecule has 0 saturated heterocycles. The van der Waals surface area contributed by atoms with Gasteiger partial charge in [-0.3, -0.25) is 4.79 Å². The van der Waals surface area contributed by atoms with Crippen molar-refractivity contribution in [2.24, 2.45) is 0 Å². The number of nitrogens with one attached hydrogen (secondary N) is 1. The lowest BCUT2D eigenvalue weighted by atomic mass is 10.2. The molecule has 1 amide bonds. The number of hydrogen-bond acceptors (Lipinski definition) is 2. The van der Waals surface area contributed by atoms with Gasteiger partial charge in [0.1, 0.15) is 0 Å². The second-order valence-electron chi connectivity index (χ2n) is 3.80. The third-order valence-corrected chi connectivity index (χ3v) is 3.59. The van der Waals surface area contributed by atoms with E-state index in [0.29, 0.717) is 23.7 Å². The molecule has 0 spiro atoms. The lowest BCUT2D eigenvalue weighted by molar-refractivity contribution is 0.0746. The Morgan fingerprint density at radius 2 is 2.24 bits per heavy atom. The first-order valence-corrected chi connectivity index (χ1v) is 6.81. The van der Waals surface area contributed by atoms with Crippen LogP contribution in [0.15, 0.2) is 18.2 Å². The summed E-state index contributed by atoms with van der Waals surface area (Å²) in [6.45, 7) is 4.93. The van der Waals surface area contributed by atoms with Crippen LogP contribution >= 0.6 is 34.2 Å². The molecule has 0 aliphatic heterocycles. The van der Waals surface area contributed by atoms with Crippen LogP contribution in [0.2, 0.25) is 5.02 Å². The van der Waals surface area contributed by atoms with Crippen molar-refractivity contribution in [2.75, 3.05) is 13.2 Å². The number of ether oxygens (including phenoxy) is 1. The zero-order chi connectivity index (χ0) is 12.8. The lowest BCUT2D eigenvalue weighted by Gasteiger charge is -2.09. The molecule has 3 nitrogen and oxygen atoms in total. The molecule has 94 valence electrons. The maximum atomic E-state index is 11.7. The minimum absolute atomic E-state index is 0.129. The number of carbonyl (C=O) groups is 1. The molecular formula is C12H15ClINO2. The number of rotatable bonds is 5. The van der Waals surface area contributed by atoms with Gasteiger partial charge in [0.25, 0.3) is 5.91 Å². The van der Waals surface area contributed by atoms with Gasteiger partial charge < -0.3 is 10.1 Å². The third kappa shape index (κ3) is 5.23. The summed E-state index contributed by atoms with van der Waals surface area (Å²) in [5.74, 6) is -0.129. The van der Waals surface area contributed by atoms with Crippen LogP contribution in [0.3, 0.4) is 0 Å². The molecular weight excluding hydrogens is 352 g/mol. The number of amides is 1. The highest BCUT2D eigenvalue weighted by Crippen LogP contribution is 2.19. The van der Waals surface area contributed by atoms with Crippen LogP contribution in [0.4, 0.5) is 0 Å². The first kappa shape index (κ1) is 14.7. The maximum Gasteiger partial charge on any atom is 0.251 e. The van der Waals surface area contributed by atoms with E-state index in [1.807, 2.05) is 19.9 Å². The van der Waals surface area contributed by atoms with E-state index in [-0.39, 0.29) is 12.0 Å². The van der Waals surface area contributed by atoms with Gasteiger partial charge in [-0.05, 0) is 54.6 Å². The first-order valence-electron chi connectivity index (χ1n) is 5.35. The first-order chi connectivity index (χ1) is 8.00. The minimum atomic E-state index is -0.129. The fourth-order valence-corrected chi connectivity index (χ4v) is 1.71. The van der Waals surface area contributed by atoms with Gasteiger partial charge in [-0.1, -0.05) is 11.6 Å². The molecule has 1 rings (SSSR count). The van der Waals surface area contributed by atoms with Gasteiger partial charge in [-0.15, -0.1) is 0 Å². The zero-order valence-corrected chi connectivity index (χ0v) is 12.7. The maximum absolute atomic E-state index is 11.7. The normalized spacial score (nSPS) is 10.6. The molecule has 0 fully saturated rings. The monoisotopic (exact) mass is 367 g/mol. The van der Waals surface area contributed by atoms with E-state index in [1.54, 1.807) is 12.1 Å². The molecule has 1 N–H and O–H groups in total. The predicted molar refractivity (Wildman–Crippen MR) is 77.6 cm³/mol. The van der Waals surface area contributed by atoms with Crippen molar-refractivity contribution in [1.82, 2.24) is 5.32 Å². The Balaban J connectivity index is 2.44. The van der Waals surface area contributed by atoms with E-state index in [0.717, 1.165) is 3.57 Å². The van der Waals surface area contributed by atoms with Crippen molar-refractivity contribution in [1.29, 1.82) is 0 Å². The Hall–Kier alpha value is -0.330. The van der Waals surface area contributed by atoms with Gasteiger partial charge in [0.05, 0.1) is 17.7 Å². The van der Waals surface area contributed by atoms with Crippen molar-refractivity contribution >= 4 is 40.1 Å². The lowest BCUT2D eigenvalue weighted by Crippen LogP contribution is -2.28. The molecule has 0 aliphatic carbocycles. The van der Waals surface area contributed by atoms with Crippen LogP contribution < -0.4 is 5.32 Å². The number of carbonyl (C=O) groups excluding carboxylic acids is 1. The van der Waals surface area contributed by atoms with Gasteiger partial charge in [-0.25, -0.2) is 0 Å². The Kier molecular flexibility index (Phi) is 6.22. The average molecular weight is 368 g/mol. The highest BCUT2D eigenvalue weighted by Gasteiger charge is 2.07. The summed E-state index contributed by atoms with van der Waals surface area (Å²) in [4.78, 5) is 11.7. The standard InChI is InChI=1S/C12H15ClINO2/c1-8(2)17-6-5-15-12(16)9-3-4-11(14)10(13)7-9/h3-4,7-8H,5-6H2,1-2H3,(H,15,16). The van der Waals surface area contributed by atoms with Crippen LogP contribution in [0, 0.1) is 3.57 Å². The summed E-state index contributed by atoms with van der Waals surface area (Å²) in [6.07, 6.45) is 0.180. The third-order valence-electron chi connectivity index (χ3n) is 2.02.